The van der Waals surface area contributed by atoms with Crippen molar-refractivity contribution in [1.82, 2.24) is 19.4 Å². The van der Waals surface area contributed by atoms with Crippen LogP contribution in [-0.4, -0.2) is 38.4 Å². The maximum atomic E-state index is 12.1. The fraction of sp³-hybridized carbons (Fsp3) is 0.389. The molecule has 24 heavy (non-hydrogen) atoms. The lowest BCUT2D eigenvalue weighted by atomic mass is 9.93. The number of pyridine rings is 1. The number of likely N-dealkylation sites (tertiary alicyclic amines) is 1. The lowest BCUT2D eigenvalue weighted by Gasteiger charge is -2.38. The van der Waals surface area contributed by atoms with Crippen molar-refractivity contribution in [3.05, 3.63) is 30.7 Å². The van der Waals surface area contributed by atoms with Crippen molar-refractivity contribution < 1.29 is 4.79 Å². The van der Waals surface area contributed by atoms with Crippen LogP contribution in [0.1, 0.15) is 25.8 Å². The van der Waals surface area contributed by atoms with Gasteiger partial charge in [0.2, 0.25) is 5.91 Å². The second-order valence-corrected chi connectivity index (χ2v) is 6.53. The number of amides is 1. The van der Waals surface area contributed by atoms with E-state index in [9.17, 15) is 4.79 Å². The van der Waals surface area contributed by atoms with E-state index in [-0.39, 0.29) is 18.4 Å². The van der Waals surface area contributed by atoms with Crippen LogP contribution < -0.4 is 0 Å². The Balaban J connectivity index is 1.76. The molecule has 0 bridgehead atoms. The van der Waals surface area contributed by atoms with Crippen molar-refractivity contribution in [3.8, 4) is 6.07 Å². The second-order valence-electron chi connectivity index (χ2n) is 6.53. The van der Waals surface area contributed by atoms with E-state index in [4.69, 9.17) is 5.26 Å². The number of rotatable bonds is 2. The van der Waals surface area contributed by atoms with Crippen LogP contribution in [0.4, 0.5) is 0 Å². The molecule has 0 aliphatic carbocycles. The van der Waals surface area contributed by atoms with E-state index >= 15 is 0 Å². The number of aromatic nitrogens is 3. The van der Waals surface area contributed by atoms with Crippen LogP contribution in [0.15, 0.2) is 30.7 Å². The first kappa shape index (κ1) is 14.8. The molecule has 1 aliphatic rings. The summed E-state index contributed by atoms with van der Waals surface area (Å²) >= 11 is 0. The standard InChI is InChI=1S/C18H19N5O/c1-12-4-8-22(16(24)2-6-19)11-15(12)23-9-5-13-10-21-18-14(17(13)23)3-7-20-18/h3,5,7,9-10,12,15H,2,4,8,11H2,1H3,(H,20,21)/t12-,15+/m0/s1. The highest BCUT2D eigenvalue weighted by Gasteiger charge is 2.30. The maximum Gasteiger partial charge on any atom is 0.236 e. The van der Waals surface area contributed by atoms with Gasteiger partial charge in [-0.2, -0.15) is 5.26 Å². The molecule has 4 rings (SSSR count). The van der Waals surface area contributed by atoms with Gasteiger partial charge in [-0.25, -0.2) is 4.98 Å². The lowest BCUT2D eigenvalue weighted by Crippen LogP contribution is -2.43. The lowest BCUT2D eigenvalue weighted by molar-refractivity contribution is -0.132. The third-order valence-corrected chi connectivity index (χ3v) is 5.12. The van der Waals surface area contributed by atoms with Gasteiger partial charge in [0, 0.05) is 42.5 Å². The largest absolute Gasteiger partial charge is 0.346 e. The molecule has 1 saturated heterocycles. The zero-order valence-electron chi connectivity index (χ0n) is 13.6. The molecule has 1 N–H and O–H groups in total. The minimum Gasteiger partial charge on any atom is -0.346 e. The van der Waals surface area contributed by atoms with Crippen molar-refractivity contribution in [2.45, 2.75) is 25.8 Å². The molecule has 1 aliphatic heterocycles. The number of hydrogen-bond acceptors (Lipinski definition) is 3. The second kappa shape index (κ2) is 5.68. The molecule has 3 aromatic rings. The average molecular weight is 321 g/mol. The van der Waals surface area contributed by atoms with Crippen LogP contribution in [-0.2, 0) is 4.79 Å². The van der Waals surface area contributed by atoms with Crippen LogP contribution in [0, 0.1) is 17.2 Å². The van der Waals surface area contributed by atoms with Crippen LogP contribution in [0.25, 0.3) is 21.9 Å². The summed E-state index contributed by atoms with van der Waals surface area (Å²) in [6.45, 7) is 3.62. The van der Waals surface area contributed by atoms with Crippen molar-refractivity contribution >= 4 is 27.8 Å². The molecule has 0 aromatic carbocycles. The number of carbonyl (C=O) groups excluding carboxylic acids is 1. The summed E-state index contributed by atoms with van der Waals surface area (Å²) in [6.07, 6.45) is 6.79. The summed E-state index contributed by atoms with van der Waals surface area (Å²) in [4.78, 5) is 21.6. The highest BCUT2D eigenvalue weighted by molar-refractivity contribution is 6.02. The SMILES string of the molecule is C[C@H]1CCN(C(=O)CC#N)C[C@H]1n1ccc2cnc3[nH]ccc3c21. The number of H-pyrrole nitrogens is 1. The molecule has 1 fully saturated rings. The van der Waals surface area contributed by atoms with E-state index in [0.717, 1.165) is 34.9 Å². The van der Waals surface area contributed by atoms with E-state index in [1.807, 2.05) is 29.4 Å². The molecular formula is C18H19N5O. The maximum absolute atomic E-state index is 12.1. The highest BCUT2D eigenvalue weighted by atomic mass is 16.2. The van der Waals surface area contributed by atoms with E-state index in [2.05, 4.69) is 33.7 Å². The summed E-state index contributed by atoms with van der Waals surface area (Å²) in [5.41, 5.74) is 2.04. The summed E-state index contributed by atoms with van der Waals surface area (Å²) in [7, 11) is 0. The zero-order chi connectivity index (χ0) is 16.7. The molecule has 0 unspecified atom stereocenters. The van der Waals surface area contributed by atoms with Gasteiger partial charge in [0.1, 0.15) is 12.1 Å². The van der Waals surface area contributed by atoms with Gasteiger partial charge in [-0.3, -0.25) is 4.79 Å². The molecular weight excluding hydrogens is 302 g/mol. The molecule has 0 saturated carbocycles. The number of fused-ring (bicyclic) bond motifs is 3. The minimum atomic E-state index is -0.0701. The topological polar surface area (TPSA) is 77.7 Å². The zero-order valence-corrected chi connectivity index (χ0v) is 13.6. The molecule has 1 amide bonds. The van der Waals surface area contributed by atoms with E-state index < -0.39 is 0 Å². The normalized spacial score (nSPS) is 21.2. The van der Waals surface area contributed by atoms with Crippen molar-refractivity contribution in [3.63, 3.8) is 0 Å². The van der Waals surface area contributed by atoms with Gasteiger partial charge in [0.05, 0.1) is 17.6 Å². The highest BCUT2D eigenvalue weighted by Crippen LogP contribution is 2.33. The Labute approximate surface area is 139 Å². The predicted octanol–water partition coefficient (Wildman–Crippen LogP) is 2.84. The van der Waals surface area contributed by atoms with E-state index in [1.54, 1.807) is 0 Å². The first-order valence-electron chi connectivity index (χ1n) is 8.26. The Bertz CT molecular complexity index is 947. The first-order valence-corrected chi connectivity index (χ1v) is 8.26. The Morgan fingerprint density at radius 2 is 2.38 bits per heavy atom. The van der Waals surface area contributed by atoms with Gasteiger partial charge < -0.3 is 14.5 Å². The monoisotopic (exact) mass is 321 g/mol. The molecule has 3 aromatic heterocycles. The first-order chi connectivity index (χ1) is 11.7. The molecule has 122 valence electrons. The fourth-order valence-electron chi connectivity index (χ4n) is 3.75. The van der Waals surface area contributed by atoms with Gasteiger partial charge in [-0.15, -0.1) is 0 Å². The van der Waals surface area contributed by atoms with Gasteiger partial charge in [0.25, 0.3) is 0 Å². The third kappa shape index (κ3) is 2.24. The summed E-state index contributed by atoms with van der Waals surface area (Å²) in [6, 6.07) is 6.30. The number of hydrogen-bond donors (Lipinski definition) is 1. The van der Waals surface area contributed by atoms with Crippen LogP contribution in [0.3, 0.4) is 0 Å². The average Bonchev–Trinajstić information content (AvgIpc) is 3.21. The Hall–Kier alpha value is -2.81. The molecule has 6 nitrogen and oxygen atoms in total. The predicted molar refractivity (Wildman–Crippen MR) is 91.2 cm³/mol. The van der Waals surface area contributed by atoms with Gasteiger partial charge in [0.15, 0.2) is 0 Å². The number of nitriles is 1. The number of nitrogens with one attached hydrogen (secondary N) is 1. The minimum absolute atomic E-state index is 0.0422. The van der Waals surface area contributed by atoms with Gasteiger partial charge >= 0.3 is 0 Å². The van der Waals surface area contributed by atoms with Crippen molar-refractivity contribution in [1.29, 1.82) is 5.26 Å². The Kier molecular flexibility index (Phi) is 3.49. The van der Waals surface area contributed by atoms with Gasteiger partial charge in [-0.1, -0.05) is 6.92 Å². The number of aromatic amines is 1. The molecule has 4 heterocycles. The van der Waals surface area contributed by atoms with E-state index in [0.29, 0.717) is 12.5 Å². The van der Waals surface area contributed by atoms with Crippen molar-refractivity contribution in [2.24, 2.45) is 5.92 Å². The third-order valence-electron chi connectivity index (χ3n) is 5.12. The summed E-state index contributed by atoms with van der Waals surface area (Å²) < 4.78 is 2.28. The van der Waals surface area contributed by atoms with Gasteiger partial charge in [-0.05, 0) is 24.5 Å². The number of carbonyl (C=O) groups is 1. The summed E-state index contributed by atoms with van der Waals surface area (Å²) in [5, 5.41) is 11.0. The number of piperidine rings is 1. The molecule has 6 heteroatoms. The molecule has 2 atom stereocenters. The fourth-order valence-corrected chi connectivity index (χ4v) is 3.75. The Morgan fingerprint density at radius 3 is 3.21 bits per heavy atom. The summed E-state index contributed by atoms with van der Waals surface area (Å²) in [5.74, 6) is 0.396. The van der Waals surface area contributed by atoms with Crippen LogP contribution in [0.5, 0.6) is 0 Å². The smallest absolute Gasteiger partial charge is 0.236 e. The van der Waals surface area contributed by atoms with Crippen LogP contribution >= 0.6 is 0 Å². The van der Waals surface area contributed by atoms with Crippen LogP contribution in [0.2, 0.25) is 0 Å². The quantitative estimate of drug-likeness (QED) is 0.788. The molecule has 0 radical (unpaired) electrons. The van der Waals surface area contributed by atoms with Crippen molar-refractivity contribution in [2.75, 3.05) is 13.1 Å². The Morgan fingerprint density at radius 1 is 1.50 bits per heavy atom. The number of nitrogens with zero attached hydrogens (tertiary/aromatic N) is 4. The molecule has 0 spiro atoms. The van der Waals surface area contributed by atoms with E-state index in [1.165, 1.54) is 0 Å².